The van der Waals surface area contributed by atoms with Gasteiger partial charge in [0.1, 0.15) is 6.34 Å². The molecule has 1 aliphatic rings. The van der Waals surface area contributed by atoms with Gasteiger partial charge in [0.2, 0.25) is 0 Å². The predicted octanol–water partition coefficient (Wildman–Crippen LogP) is 0.725. The van der Waals surface area contributed by atoms with Crippen LogP contribution >= 0.6 is 0 Å². The normalized spacial score (nSPS) is 25.1. The molecule has 1 unspecified atom stereocenters. The first kappa shape index (κ1) is 6.26. The lowest BCUT2D eigenvalue weighted by Gasteiger charge is -2.21. The van der Waals surface area contributed by atoms with E-state index < -0.39 is 0 Å². The van der Waals surface area contributed by atoms with Gasteiger partial charge in [0.15, 0.2) is 0 Å². The maximum absolute atomic E-state index is 3.78. The van der Waals surface area contributed by atoms with E-state index in [0.717, 1.165) is 6.42 Å². The van der Waals surface area contributed by atoms with Crippen LogP contribution in [0.5, 0.6) is 0 Å². The van der Waals surface area contributed by atoms with Crippen molar-refractivity contribution in [1.29, 1.82) is 0 Å². The van der Waals surface area contributed by atoms with Crippen molar-refractivity contribution in [3.63, 3.8) is 0 Å². The van der Waals surface area contributed by atoms with E-state index in [9.17, 15) is 0 Å². The largest absolute Gasteiger partial charge is 0.356 e. The molecule has 0 fully saturated rings. The van der Waals surface area contributed by atoms with Gasteiger partial charge in [0, 0.05) is 13.3 Å². The summed E-state index contributed by atoms with van der Waals surface area (Å²) in [5, 5.41) is 7.51. The minimum absolute atomic E-state index is 0.447. The van der Waals surface area contributed by atoms with Crippen molar-refractivity contribution < 1.29 is 0 Å². The molecule has 50 valence electrons. The maximum Gasteiger partial charge on any atom is 0.114 e. The van der Waals surface area contributed by atoms with Crippen LogP contribution in [-0.4, -0.2) is 30.5 Å². The Morgan fingerprint density at radius 1 is 1.56 bits per heavy atom. The quantitative estimate of drug-likeness (QED) is 0.507. The van der Waals surface area contributed by atoms with Gasteiger partial charge in [-0.2, -0.15) is 5.10 Å². The van der Waals surface area contributed by atoms with Crippen molar-refractivity contribution in [1.82, 2.24) is 4.90 Å². The lowest BCUT2D eigenvalue weighted by molar-refractivity contribution is 0.447. The molecule has 0 aromatic heterocycles. The van der Waals surface area contributed by atoms with Crippen LogP contribution in [0.2, 0.25) is 0 Å². The Morgan fingerprint density at radius 3 is 2.78 bits per heavy atom. The Bertz CT molecular complexity index is 139. The third kappa shape index (κ3) is 1.28. The molecule has 0 saturated carbocycles. The summed E-state index contributed by atoms with van der Waals surface area (Å²) < 4.78 is 0. The summed E-state index contributed by atoms with van der Waals surface area (Å²) >= 11 is 0. The number of hydrogen-bond donors (Lipinski definition) is 0. The SMILES string of the molecule is CCC1C=NN=CN1C. The van der Waals surface area contributed by atoms with E-state index in [1.807, 2.05) is 18.2 Å². The van der Waals surface area contributed by atoms with E-state index in [0.29, 0.717) is 6.04 Å². The molecular formula is C6H11N3. The van der Waals surface area contributed by atoms with Gasteiger partial charge in [-0.15, -0.1) is 5.10 Å². The van der Waals surface area contributed by atoms with Crippen LogP contribution in [0.1, 0.15) is 13.3 Å². The van der Waals surface area contributed by atoms with Crippen molar-refractivity contribution >= 4 is 12.6 Å². The van der Waals surface area contributed by atoms with Gasteiger partial charge in [-0.3, -0.25) is 0 Å². The monoisotopic (exact) mass is 125 g/mol. The topological polar surface area (TPSA) is 28.0 Å². The average Bonchev–Trinajstić information content (AvgIpc) is 1.89. The zero-order valence-corrected chi connectivity index (χ0v) is 5.78. The summed E-state index contributed by atoms with van der Waals surface area (Å²) in [5.74, 6) is 0. The third-order valence-electron chi connectivity index (χ3n) is 1.48. The summed E-state index contributed by atoms with van der Waals surface area (Å²) in [5.41, 5.74) is 0. The zero-order chi connectivity index (χ0) is 6.69. The molecular weight excluding hydrogens is 114 g/mol. The fourth-order valence-electron chi connectivity index (χ4n) is 0.811. The molecule has 0 aromatic rings. The second-order valence-electron chi connectivity index (χ2n) is 2.14. The van der Waals surface area contributed by atoms with Gasteiger partial charge < -0.3 is 4.90 Å². The van der Waals surface area contributed by atoms with E-state index in [2.05, 4.69) is 17.1 Å². The summed E-state index contributed by atoms with van der Waals surface area (Å²) in [4.78, 5) is 2.05. The van der Waals surface area contributed by atoms with E-state index in [1.165, 1.54) is 0 Å². The summed E-state index contributed by atoms with van der Waals surface area (Å²) in [6, 6.07) is 0.447. The van der Waals surface area contributed by atoms with Gasteiger partial charge in [0.25, 0.3) is 0 Å². The molecule has 1 rings (SSSR count). The van der Waals surface area contributed by atoms with Crippen LogP contribution in [0.15, 0.2) is 10.2 Å². The smallest absolute Gasteiger partial charge is 0.114 e. The van der Waals surface area contributed by atoms with Gasteiger partial charge in [-0.05, 0) is 6.42 Å². The highest BCUT2D eigenvalue weighted by molar-refractivity contribution is 5.72. The highest BCUT2D eigenvalue weighted by atomic mass is 15.3. The Kier molecular flexibility index (Phi) is 1.82. The van der Waals surface area contributed by atoms with Crippen LogP contribution in [0.4, 0.5) is 0 Å². The number of nitrogens with zero attached hydrogens (tertiary/aromatic N) is 3. The van der Waals surface area contributed by atoms with Crippen LogP contribution in [0, 0.1) is 0 Å². The highest BCUT2D eigenvalue weighted by Crippen LogP contribution is 1.99. The molecule has 0 bridgehead atoms. The fraction of sp³-hybridized carbons (Fsp3) is 0.667. The van der Waals surface area contributed by atoms with Crippen LogP contribution in [0.3, 0.4) is 0 Å². The van der Waals surface area contributed by atoms with E-state index in [4.69, 9.17) is 0 Å². The standard InChI is InChI=1S/C6H11N3/c1-3-6-4-7-8-5-9(6)2/h4-6H,3H2,1-2H3. The van der Waals surface area contributed by atoms with E-state index >= 15 is 0 Å². The molecule has 0 N–H and O–H groups in total. The molecule has 0 aromatic carbocycles. The van der Waals surface area contributed by atoms with Crippen molar-refractivity contribution in [2.75, 3.05) is 7.05 Å². The van der Waals surface area contributed by atoms with Crippen LogP contribution in [-0.2, 0) is 0 Å². The highest BCUT2D eigenvalue weighted by Gasteiger charge is 2.07. The minimum Gasteiger partial charge on any atom is -0.356 e. The van der Waals surface area contributed by atoms with Gasteiger partial charge >= 0.3 is 0 Å². The van der Waals surface area contributed by atoms with Gasteiger partial charge in [0.05, 0.1) is 6.04 Å². The van der Waals surface area contributed by atoms with Crippen molar-refractivity contribution in [3.05, 3.63) is 0 Å². The summed E-state index contributed by atoms with van der Waals surface area (Å²) in [6.45, 7) is 2.13. The number of rotatable bonds is 1. The fourth-order valence-corrected chi connectivity index (χ4v) is 0.811. The van der Waals surface area contributed by atoms with Gasteiger partial charge in [-0.25, -0.2) is 0 Å². The third-order valence-corrected chi connectivity index (χ3v) is 1.48. The van der Waals surface area contributed by atoms with Gasteiger partial charge in [-0.1, -0.05) is 6.92 Å². The molecule has 0 aliphatic carbocycles. The molecule has 1 heterocycles. The molecule has 0 saturated heterocycles. The molecule has 1 atom stereocenters. The maximum atomic E-state index is 3.78. The first-order valence-corrected chi connectivity index (χ1v) is 3.13. The second-order valence-corrected chi connectivity index (χ2v) is 2.14. The molecule has 3 heteroatoms. The minimum atomic E-state index is 0.447. The molecule has 0 radical (unpaired) electrons. The van der Waals surface area contributed by atoms with Crippen molar-refractivity contribution in [2.45, 2.75) is 19.4 Å². The first-order chi connectivity index (χ1) is 4.34. The van der Waals surface area contributed by atoms with E-state index in [-0.39, 0.29) is 0 Å². The number of hydrogen-bond acceptors (Lipinski definition) is 3. The molecule has 0 amide bonds. The molecule has 0 spiro atoms. The molecule has 3 nitrogen and oxygen atoms in total. The lowest BCUT2D eigenvalue weighted by atomic mass is 10.2. The van der Waals surface area contributed by atoms with Crippen LogP contribution in [0.25, 0.3) is 0 Å². The summed E-state index contributed by atoms with van der Waals surface area (Å²) in [6.07, 6.45) is 4.69. The first-order valence-electron chi connectivity index (χ1n) is 3.13. The Labute approximate surface area is 55.1 Å². The predicted molar refractivity (Wildman–Crippen MR) is 38.8 cm³/mol. The Morgan fingerprint density at radius 2 is 2.33 bits per heavy atom. The van der Waals surface area contributed by atoms with Crippen molar-refractivity contribution in [3.8, 4) is 0 Å². The molecule has 1 aliphatic heterocycles. The van der Waals surface area contributed by atoms with E-state index in [1.54, 1.807) is 6.34 Å². The average molecular weight is 125 g/mol. The Hall–Kier alpha value is -0.860. The lowest BCUT2D eigenvalue weighted by Crippen LogP contribution is -2.32. The second kappa shape index (κ2) is 2.62. The zero-order valence-electron chi connectivity index (χ0n) is 5.78. The van der Waals surface area contributed by atoms with Crippen molar-refractivity contribution in [2.24, 2.45) is 10.2 Å². The molecule has 9 heavy (non-hydrogen) atoms. The summed E-state index contributed by atoms with van der Waals surface area (Å²) in [7, 11) is 2.00. The van der Waals surface area contributed by atoms with Crippen LogP contribution < -0.4 is 0 Å². The Balaban J connectivity index is 2.55.